The van der Waals surface area contributed by atoms with Gasteiger partial charge in [-0.2, -0.15) is 0 Å². The Hall–Kier alpha value is -1.22. The number of ether oxygens (including phenoxy) is 1. The molecule has 1 N–H and O–H groups in total. The number of hydrogen-bond donors (Lipinski definition) is 1. The first-order chi connectivity index (χ1) is 7.90. The van der Waals surface area contributed by atoms with Crippen molar-refractivity contribution in [1.29, 1.82) is 0 Å². The largest absolute Gasteiger partial charge is 0.478 e. The molecule has 2 unspecified atom stereocenters. The molecule has 17 heavy (non-hydrogen) atoms. The lowest BCUT2D eigenvalue weighted by Crippen LogP contribution is -2.47. The van der Waals surface area contributed by atoms with Crippen LogP contribution in [-0.4, -0.2) is 16.7 Å². The summed E-state index contributed by atoms with van der Waals surface area (Å²) < 4.78 is 5.61. The highest BCUT2D eigenvalue weighted by atomic mass is 35.5. The van der Waals surface area contributed by atoms with Crippen LogP contribution in [-0.2, 0) is 4.79 Å². The molecule has 0 bridgehead atoms. The molecule has 0 spiro atoms. The topological polar surface area (TPSA) is 46.5 Å². The fourth-order valence-electron chi connectivity index (χ4n) is 1.49. The Balaban J connectivity index is 2.94. The zero-order chi connectivity index (χ0) is 13.1. The minimum Gasteiger partial charge on any atom is -0.478 e. The van der Waals surface area contributed by atoms with Crippen molar-refractivity contribution in [3.05, 3.63) is 29.3 Å². The summed E-state index contributed by atoms with van der Waals surface area (Å²) in [5.74, 6) is -0.530. The lowest BCUT2D eigenvalue weighted by Gasteiger charge is -2.31. The third-order valence-electron chi connectivity index (χ3n) is 3.12. The monoisotopic (exact) mass is 256 g/mol. The van der Waals surface area contributed by atoms with Crippen molar-refractivity contribution in [3.8, 4) is 5.75 Å². The number of carbonyl (C=O) groups is 1. The quantitative estimate of drug-likeness (QED) is 0.875. The Morgan fingerprint density at radius 1 is 1.47 bits per heavy atom. The number of rotatable bonds is 5. The Bertz CT molecular complexity index is 388. The maximum absolute atomic E-state index is 11.3. The second-order valence-electron chi connectivity index (χ2n) is 4.28. The van der Waals surface area contributed by atoms with Gasteiger partial charge in [0.1, 0.15) is 5.75 Å². The summed E-state index contributed by atoms with van der Waals surface area (Å²) >= 11 is 5.76. The molecule has 1 aromatic rings. The summed E-state index contributed by atoms with van der Waals surface area (Å²) in [5, 5.41) is 9.89. The summed E-state index contributed by atoms with van der Waals surface area (Å²) in [7, 11) is 0. The average Bonchev–Trinajstić information content (AvgIpc) is 2.30. The molecule has 94 valence electrons. The van der Waals surface area contributed by atoms with Gasteiger partial charge in [0.05, 0.1) is 0 Å². The van der Waals surface area contributed by atoms with Crippen molar-refractivity contribution < 1.29 is 14.6 Å². The number of benzene rings is 1. The molecule has 0 aromatic heterocycles. The van der Waals surface area contributed by atoms with Crippen molar-refractivity contribution in [2.75, 3.05) is 0 Å². The van der Waals surface area contributed by atoms with Crippen molar-refractivity contribution in [2.45, 2.75) is 32.8 Å². The van der Waals surface area contributed by atoms with Crippen LogP contribution >= 0.6 is 11.6 Å². The van der Waals surface area contributed by atoms with Gasteiger partial charge in [0.2, 0.25) is 5.60 Å². The predicted octanol–water partition coefficient (Wildman–Crippen LogP) is 3.61. The summed E-state index contributed by atoms with van der Waals surface area (Å²) in [5.41, 5.74) is -1.22. The van der Waals surface area contributed by atoms with Gasteiger partial charge in [0, 0.05) is 10.9 Å². The van der Waals surface area contributed by atoms with Crippen molar-refractivity contribution in [2.24, 2.45) is 5.92 Å². The second kappa shape index (κ2) is 5.41. The van der Waals surface area contributed by atoms with E-state index in [1.54, 1.807) is 31.2 Å². The van der Waals surface area contributed by atoms with Crippen LogP contribution in [0, 0.1) is 5.92 Å². The first kappa shape index (κ1) is 13.8. The molecule has 0 aliphatic heterocycles. The lowest BCUT2D eigenvalue weighted by atomic mass is 9.88. The minimum atomic E-state index is -1.22. The van der Waals surface area contributed by atoms with Crippen LogP contribution in [0.4, 0.5) is 0 Å². The van der Waals surface area contributed by atoms with E-state index in [2.05, 4.69) is 0 Å². The zero-order valence-corrected chi connectivity index (χ0v) is 11.0. The highest BCUT2D eigenvalue weighted by molar-refractivity contribution is 6.30. The average molecular weight is 257 g/mol. The molecule has 0 aliphatic rings. The maximum atomic E-state index is 11.3. The summed E-state index contributed by atoms with van der Waals surface area (Å²) in [6, 6.07) is 6.70. The molecule has 0 aliphatic carbocycles. The van der Waals surface area contributed by atoms with Gasteiger partial charge in [0.15, 0.2) is 0 Å². The fourth-order valence-corrected chi connectivity index (χ4v) is 1.62. The van der Waals surface area contributed by atoms with E-state index in [0.29, 0.717) is 10.8 Å². The van der Waals surface area contributed by atoms with Crippen LogP contribution < -0.4 is 4.74 Å². The second-order valence-corrected chi connectivity index (χ2v) is 4.71. The molecule has 0 heterocycles. The van der Waals surface area contributed by atoms with Crippen molar-refractivity contribution in [3.63, 3.8) is 0 Å². The van der Waals surface area contributed by atoms with E-state index in [-0.39, 0.29) is 5.92 Å². The molecule has 1 rings (SSSR count). The Kier molecular flexibility index (Phi) is 4.40. The molecular formula is C13H17ClO3. The first-order valence-electron chi connectivity index (χ1n) is 5.58. The highest BCUT2D eigenvalue weighted by Crippen LogP contribution is 2.28. The lowest BCUT2D eigenvalue weighted by molar-refractivity contribution is -0.158. The van der Waals surface area contributed by atoms with Crippen molar-refractivity contribution >= 4 is 17.6 Å². The standard InChI is InChI=1S/C13H17ClO3/c1-4-9(2)13(3,12(15)16)17-11-7-5-10(14)6-8-11/h5-9H,4H2,1-3H3,(H,15,16). The Morgan fingerprint density at radius 3 is 2.41 bits per heavy atom. The third kappa shape index (κ3) is 3.13. The van der Waals surface area contributed by atoms with Gasteiger partial charge in [-0.15, -0.1) is 0 Å². The zero-order valence-electron chi connectivity index (χ0n) is 10.2. The molecule has 0 saturated carbocycles. The van der Waals surface area contributed by atoms with Crippen LogP contribution in [0.3, 0.4) is 0 Å². The maximum Gasteiger partial charge on any atom is 0.348 e. The first-order valence-corrected chi connectivity index (χ1v) is 5.96. The van der Waals surface area contributed by atoms with E-state index in [1.807, 2.05) is 13.8 Å². The molecule has 1 aromatic carbocycles. The summed E-state index contributed by atoms with van der Waals surface area (Å²) in [6.45, 7) is 5.40. The molecule has 2 atom stereocenters. The number of carboxylic acids is 1. The van der Waals surface area contributed by atoms with Gasteiger partial charge >= 0.3 is 5.97 Å². The molecule has 0 amide bonds. The summed E-state index contributed by atoms with van der Waals surface area (Å²) in [6.07, 6.45) is 0.733. The third-order valence-corrected chi connectivity index (χ3v) is 3.37. The Labute approximate surface area is 106 Å². The molecular weight excluding hydrogens is 240 g/mol. The van der Waals surface area contributed by atoms with Crippen LogP contribution in [0.1, 0.15) is 27.2 Å². The van der Waals surface area contributed by atoms with Gasteiger partial charge in [-0.1, -0.05) is 25.4 Å². The van der Waals surface area contributed by atoms with Crippen LogP contribution in [0.15, 0.2) is 24.3 Å². The van der Waals surface area contributed by atoms with E-state index in [1.165, 1.54) is 0 Å². The van der Waals surface area contributed by atoms with E-state index in [0.717, 1.165) is 6.42 Å². The minimum absolute atomic E-state index is 0.0873. The van der Waals surface area contributed by atoms with Crippen LogP contribution in [0.5, 0.6) is 5.75 Å². The van der Waals surface area contributed by atoms with Gasteiger partial charge in [-0.05, 0) is 37.6 Å². The van der Waals surface area contributed by atoms with Crippen molar-refractivity contribution in [1.82, 2.24) is 0 Å². The van der Waals surface area contributed by atoms with E-state index >= 15 is 0 Å². The molecule has 0 saturated heterocycles. The molecule has 3 nitrogen and oxygen atoms in total. The van der Waals surface area contributed by atoms with E-state index < -0.39 is 11.6 Å². The number of halogens is 1. The van der Waals surface area contributed by atoms with Crippen LogP contribution in [0.25, 0.3) is 0 Å². The SMILES string of the molecule is CCC(C)C(C)(Oc1ccc(Cl)cc1)C(=O)O. The Morgan fingerprint density at radius 2 is 2.00 bits per heavy atom. The molecule has 0 radical (unpaired) electrons. The van der Waals surface area contributed by atoms with Crippen LogP contribution in [0.2, 0.25) is 5.02 Å². The highest BCUT2D eigenvalue weighted by Gasteiger charge is 2.40. The fraction of sp³-hybridized carbons (Fsp3) is 0.462. The normalized spacial score (nSPS) is 16.0. The van der Waals surface area contributed by atoms with E-state index in [9.17, 15) is 9.90 Å². The predicted molar refractivity (Wildman–Crippen MR) is 67.6 cm³/mol. The van der Waals surface area contributed by atoms with E-state index in [4.69, 9.17) is 16.3 Å². The molecule has 0 fully saturated rings. The number of carboxylic acid groups (broad SMARTS) is 1. The van der Waals surface area contributed by atoms with Gasteiger partial charge in [0.25, 0.3) is 0 Å². The van der Waals surface area contributed by atoms with Gasteiger partial charge in [-0.25, -0.2) is 4.79 Å². The van der Waals surface area contributed by atoms with Gasteiger partial charge < -0.3 is 9.84 Å². The molecule has 4 heteroatoms. The summed E-state index contributed by atoms with van der Waals surface area (Å²) in [4.78, 5) is 11.3. The smallest absolute Gasteiger partial charge is 0.348 e. The number of hydrogen-bond acceptors (Lipinski definition) is 2. The number of aliphatic carboxylic acids is 1. The van der Waals surface area contributed by atoms with Gasteiger partial charge in [-0.3, -0.25) is 0 Å².